The molecule has 0 amide bonds. The molecule has 80 valence electrons. The highest BCUT2D eigenvalue weighted by Gasteiger charge is 2.40. The average molecular weight is 193 g/mol. The second-order valence-electron chi connectivity index (χ2n) is 5.61. The van der Waals surface area contributed by atoms with Crippen LogP contribution >= 0.6 is 0 Å². The summed E-state index contributed by atoms with van der Waals surface area (Å²) in [4.78, 5) is 0. The van der Waals surface area contributed by atoms with E-state index in [9.17, 15) is 0 Å². The first kappa shape index (κ1) is 10.2. The minimum atomic E-state index is 0.543. The normalized spacial score (nSPS) is 42.6. The van der Waals surface area contributed by atoms with Gasteiger partial charge in [0.2, 0.25) is 0 Å². The molecule has 2 aliphatic heterocycles. The Hall–Kier alpha value is -0.300. The molecule has 1 heteroatoms. The van der Waals surface area contributed by atoms with Crippen molar-refractivity contribution in [3.05, 3.63) is 12.2 Å². The van der Waals surface area contributed by atoms with Crippen LogP contribution < -0.4 is 5.32 Å². The van der Waals surface area contributed by atoms with E-state index in [1.807, 2.05) is 0 Å². The molecule has 1 nitrogen and oxygen atoms in total. The SMILES string of the molecule is CC(C)C1(C)CC2C=CC1CCNC2. The van der Waals surface area contributed by atoms with Crippen LogP contribution in [0, 0.1) is 23.2 Å². The third-order valence-electron chi connectivity index (χ3n) is 4.52. The molecular formula is C13H23N. The Labute approximate surface area is 88.0 Å². The molecule has 3 unspecified atom stereocenters. The van der Waals surface area contributed by atoms with Crippen molar-refractivity contribution < 1.29 is 0 Å². The lowest BCUT2D eigenvalue weighted by atomic mass is 9.60. The van der Waals surface area contributed by atoms with Crippen molar-refractivity contribution in [2.75, 3.05) is 13.1 Å². The molecule has 1 N–H and O–H groups in total. The van der Waals surface area contributed by atoms with Crippen molar-refractivity contribution in [2.24, 2.45) is 23.2 Å². The summed E-state index contributed by atoms with van der Waals surface area (Å²) in [6.07, 6.45) is 7.63. The van der Waals surface area contributed by atoms with Crippen molar-refractivity contribution in [3.8, 4) is 0 Å². The zero-order chi connectivity index (χ0) is 10.2. The first-order valence-electron chi connectivity index (χ1n) is 6.02. The second kappa shape index (κ2) is 3.69. The Kier molecular flexibility index (Phi) is 2.70. The van der Waals surface area contributed by atoms with E-state index in [0.29, 0.717) is 5.41 Å². The van der Waals surface area contributed by atoms with Gasteiger partial charge in [0.1, 0.15) is 0 Å². The molecule has 3 atom stereocenters. The number of nitrogens with one attached hydrogen (secondary N) is 1. The van der Waals surface area contributed by atoms with Crippen LogP contribution in [0.4, 0.5) is 0 Å². The number of fused-ring (bicyclic) bond motifs is 4. The van der Waals surface area contributed by atoms with Crippen molar-refractivity contribution in [2.45, 2.75) is 33.6 Å². The molecule has 1 saturated heterocycles. The first-order chi connectivity index (χ1) is 6.63. The van der Waals surface area contributed by atoms with Crippen LogP contribution in [-0.2, 0) is 0 Å². The Morgan fingerprint density at radius 3 is 2.86 bits per heavy atom. The minimum Gasteiger partial charge on any atom is -0.316 e. The van der Waals surface area contributed by atoms with Crippen LogP contribution in [0.2, 0.25) is 0 Å². The van der Waals surface area contributed by atoms with Crippen LogP contribution in [0.1, 0.15) is 33.6 Å². The molecular weight excluding hydrogens is 170 g/mol. The summed E-state index contributed by atoms with van der Waals surface area (Å²) in [5.74, 6) is 2.38. The smallest absolute Gasteiger partial charge is 0.00144 e. The molecule has 0 aromatic heterocycles. The maximum atomic E-state index is 3.54. The van der Waals surface area contributed by atoms with E-state index in [4.69, 9.17) is 0 Å². The van der Waals surface area contributed by atoms with Gasteiger partial charge in [0.05, 0.1) is 0 Å². The van der Waals surface area contributed by atoms with Gasteiger partial charge in [0, 0.05) is 6.54 Å². The molecule has 14 heavy (non-hydrogen) atoms. The lowest BCUT2D eigenvalue weighted by molar-refractivity contribution is 0.0855. The first-order valence-corrected chi connectivity index (χ1v) is 6.02. The fraction of sp³-hybridized carbons (Fsp3) is 0.846. The highest BCUT2D eigenvalue weighted by Crippen LogP contribution is 2.47. The largest absolute Gasteiger partial charge is 0.316 e. The van der Waals surface area contributed by atoms with Gasteiger partial charge in [-0.15, -0.1) is 0 Å². The van der Waals surface area contributed by atoms with Crippen LogP contribution in [0.5, 0.6) is 0 Å². The Morgan fingerprint density at radius 2 is 2.14 bits per heavy atom. The van der Waals surface area contributed by atoms with E-state index in [2.05, 4.69) is 38.2 Å². The summed E-state index contributed by atoms with van der Waals surface area (Å²) < 4.78 is 0. The Bertz CT molecular complexity index is 231. The molecule has 0 saturated carbocycles. The zero-order valence-corrected chi connectivity index (χ0v) is 9.72. The average Bonchev–Trinajstić information content (AvgIpc) is 2.07. The predicted octanol–water partition coefficient (Wildman–Crippen LogP) is 2.83. The third-order valence-corrected chi connectivity index (χ3v) is 4.52. The molecule has 0 aromatic carbocycles. The maximum Gasteiger partial charge on any atom is 0.00144 e. The van der Waals surface area contributed by atoms with E-state index in [-0.39, 0.29) is 0 Å². The number of hydrogen-bond donors (Lipinski definition) is 1. The van der Waals surface area contributed by atoms with Gasteiger partial charge in [-0.3, -0.25) is 0 Å². The van der Waals surface area contributed by atoms with Crippen LogP contribution in [-0.4, -0.2) is 13.1 Å². The fourth-order valence-electron chi connectivity index (χ4n) is 3.07. The van der Waals surface area contributed by atoms with Gasteiger partial charge in [-0.05, 0) is 42.6 Å². The minimum absolute atomic E-state index is 0.543. The standard InChI is InChI=1S/C13H23N/c1-10(2)13(3)8-11-4-5-12(13)6-7-14-9-11/h4-5,10-12,14H,6-9H2,1-3H3. The summed E-state index contributed by atoms with van der Waals surface area (Å²) in [6, 6.07) is 0. The van der Waals surface area contributed by atoms with Gasteiger partial charge in [-0.25, -0.2) is 0 Å². The van der Waals surface area contributed by atoms with E-state index < -0.39 is 0 Å². The van der Waals surface area contributed by atoms with Gasteiger partial charge in [-0.2, -0.15) is 0 Å². The quantitative estimate of drug-likeness (QED) is 0.631. The molecule has 0 radical (unpaired) electrons. The zero-order valence-electron chi connectivity index (χ0n) is 9.72. The lowest BCUT2D eigenvalue weighted by Gasteiger charge is -2.46. The van der Waals surface area contributed by atoms with Crippen LogP contribution in [0.25, 0.3) is 0 Å². The fourth-order valence-corrected chi connectivity index (χ4v) is 3.07. The Balaban J connectivity index is 2.24. The molecule has 1 aliphatic carbocycles. The number of rotatable bonds is 1. The summed E-state index contributed by atoms with van der Waals surface area (Å²) in [5, 5.41) is 3.54. The maximum absolute atomic E-state index is 3.54. The summed E-state index contributed by atoms with van der Waals surface area (Å²) >= 11 is 0. The summed E-state index contributed by atoms with van der Waals surface area (Å²) in [7, 11) is 0. The monoisotopic (exact) mass is 193 g/mol. The topological polar surface area (TPSA) is 12.0 Å². The summed E-state index contributed by atoms with van der Waals surface area (Å²) in [5.41, 5.74) is 0.543. The van der Waals surface area contributed by atoms with Crippen molar-refractivity contribution >= 4 is 0 Å². The second-order valence-corrected chi connectivity index (χ2v) is 5.61. The molecule has 0 aromatic rings. The third kappa shape index (κ3) is 1.63. The van der Waals surface area contributed by atoms with Gasteiger partial charge in [-0.1, -0.05) is 32.9 Å². The molecule has 1 fully saturated rings. The predicted molar refractivity (Wildman–Crippen MR) is 61.2 cm³/mol. The van der Waals surface area contributed by atoms with Gasteiger partial charge < -0.3 is 5.32 Å². The Morgan fingerprint density at radius 1 is 1.36 bits per heavy atom. The van der Waals surface area contributed by atoms with Crippen LogP contribution in [0.15, 0.2) is 12.2 Å². The highest BCUT2D eigenvalue weighted by molar-refractivity contribution is 5.08. The lowest BCUT2D eigenvalue weighted by Crippen LogP contribution is -2.43. The van der Waals surface area contributed by atoms with Crippen molar-refractivity contribution in [1.82, 2.24) is 5.32 Å². The van der Waals surface area contributed by atoms with Gasteiger partial charge >= 0.3 is 0 Å². The van der Waals surface area contributed by atoms with E-state index in [1.165, 1.54) is 25.9 Å². The molecule has 3 rings (SSSR count). The van der Waals surface area contributed by atoms with Crippen LogP contribution in [0.3, 0.4) is 0 Å². The summed E-state index contributed by atoms with van der Waals surface area (Å²) in [6.45, 7) is 9.65. The molecule has 3 aliphatic rings. The molecule has 2 heterocycles. The van der Waals surface area contributed by atoms with E-state index in [0.717, 1.165) is 17.8 Å². The highest BCUT2D eigenvalue weighted by atomic mass is 14.9. The number of hydrogen-bond acceptors (Lipinski definition) is 1. The van der Waals surface area contributed by atoms with Gasteiger partial charge in [0.15, 0.2) is 0 Å². The molecule has 0 spiro atoms. The number of allylic oxidation sites excluding steroid dienone is 1. The van der Waals surface area contributed by atoms with Crippen molar-refractivity contribution in [3.63, 3.8) is 0 Å². The van der Waals surface area contributed by atoms with Gasteiger partial charge in [0.25, 0.3) is 0 Å². The van der Waals surface area contributed by atoms with E-state index in [1.54, 1.807) is 0 Å². The molecule has 2 bridgehead atoms. The van der Waals surface area contributed by atoms with E-state index >= 15 is 0 Å². The van der Waals surface area contributed by atoms with Crippen molar-refractivity contribution in [1.29, 1.82) is 0 Å².